The summed E-state index contributed by atoms with van der Waals surface area (Å²) in [6.07, 6.45) is 11.1. The number of unbranched alkanes of at least 4 members (excludes halogenated alkanes) is 6. The largest absolute Gasteiger partial charge is 0.573 e. The second-order valence-corrected chi connectivity index (χ2v) is 7.74. The molecular weight excluding hydrogens is 337 g/mol. The van der Waals surface area contributed by atoms with Crippen LogP contribution < -0.4 is 4.74 Å². The number of rotatable bonds is 10. The summed E-state index contributed by atoms with van der Waals surface area (Å²) in [5.41, 5.74) is 1.15. The maximum atomic E-state index is 12.2. The van der Waals surface area contributed by atoms with Gasteiger partial charge in [-0.1, -0.05) is 70.4 Å². The molecule has 1 aromatic rings. The van der Waals surface area contributed by atoms with Gasteiger partial charge in [0.2, 0.25) is 0 Å². The molecule has 0 heterocycles. The van der Waals surface area contributed by atoms with E-state index in [0.29, 0.717) is 5.92 Å². The molecule has 0 saturated heterocycles. The second kappa shape index (κ2) is 10.8. The van der Waals surface area contributed by atoms with Crippen molar-refractivity contribution in [2.45, 2.75) is 96.3 Å². The van der Waals surface area contributed by atoms with Crippen LogP contribution in [0.1, 0.15) is 95.5 Å². The molecule has 148 valence electrons. The van der Waals surface area contributed by atoms with E-state index < -0.39 is 6.36 Å². The van der Waals surface area contributed by atoms with Gasteiger partial charge in [-0.15, -0.1) is 13.2 Å². The summed E-state index contributed by atoms with van der Waals surface area (Å²) < 4.78 is 40.6. The van der Waals surface area contributed by atoms with Crippen LogP contribution in [0.3, 0.4) is 0 Å². The monoisotopic (exact) mass is 370 g/mol. The zero-order valence-corrected chi connectivity index (χ0v) is 16.0. The first kappa shape index (κ1) is 21.1. The Morgan fingerprint density at radius 1 is 0.846 bits per heavy atom. The Labute approximate surface area is 156 Å². The minimum atomic E-state index is -4.62. The maximum Gasteiger partial charge on any atom is 0.573 e. The van der Waals surface area contributed by atoms with Crippen LogP contribution in [0, 0.1) is 5.92 Å². The Kier molecular flexibility index (Phi) is 8.80. The molecule has 0 N–H and O–H groups in total. The highest BCUT2D eigenvalue weighted by molar-refractivity contribution is 5.29. The van der Waals surface area contributed by atoms with Gasteiger partial charge in [-0.25, -0.2) is 0 Å². The van der Waals surface area contributed by atoms with E-state index in [1.807, 2.05) is 0 Å². The standard InChI is InChI=1S/C22H33F3O/c1-2-3-4-5-6-7-8-9-18-10-12-19(13-11-18)20-14-16-21(17-15-20)26-22(23,24)25/h14-19H,2-13H2,1H3. The molecule has 0 amide bonds. The lowest BCUT2D eigenvalue weighted by atomic mass is 9.77. The van der Waals surface area contributed by atoms with E-state index in [1.165, 1.54) is 76.3 Å². The molecule has 1 nitrogen and oxygen atoms in total. The number of halogens is 3. The van der Waals surface area contributed by atoms with Crippen LogP contribution in [0.25, 0.3) is 0 Å². The van der Waals surface area contributed by atoms with Gasteiger partial charge in [0.1, 0.15) is 5.75 Å². The Morgan fingerprint density at radius 3 is 2.00 bits per heavy atom. The van der Waals surface area contributed by atoms with Crippen molar-refractivity contribution in [3.8, 4) is 5.75 Å². The molecule has 0 aromatic heterocycles. The molecule has 1 aliphatic carbocycles. The van der Waals surface area contributed by atoms with E-state index in [4.69, 9.17) is 0 Å². The van der Waals surface area contributed by atoms with Crippen LogP contribution >= 0.6 is 0 Å². The van der Waals surface area contributed by atoms with Gasteiger partial charge in [-0.2, -0.15) is 0 Å². The van der Waals surface area contributed by atoms with E-state index in [9.17, 15) is 13.2 Å². The summed E-state index contributed by atoms with van der Waals surface area (Å²) in [6, 6.07) is 6.46. The van der Waals surface area contributed by atoms with Gasteiger partial charge in [0.25, 0.3) is 0 Å². The van der Waals surface area contributed by atoms with E-state index >= 15 is 0 Å². The third-order valence-electron chi connectivity index (χ3n) is 5.65. The molecule has 1 saturated carbocycles. The number of ether oxygens (including phenoxy) is 1. The molecule has 0 atom stereocenters. The lowest BCUT2D eigenvalue weighted by Crippen LogP contribution is -2.17. The fourth-order valence-electron chi connectivity index (χ4n) is 4.12. The maximum absolute atomic E-state index is 12.2. The first-order chi connectivity index (χ1) is 12.5. The predicted molar refractivity (Wildman–Crippen MR) is 100 cm³/mol. The van der Waals surface area contributed by atoms with Gasteiger partial charge in [-0.05, 0) is 55.2 Å². The molecule has 2 rings (SSSR count). The van der Waals surface area contributed by atoms with E-state index in [2.05, 4.69) is 11.7 Å². The number of hydrogen-bond acceptors (Lipinski definition) is 1. The third-order valence-corrected chi connectivity index (χ3v) is 5.65. The summed E-state index contributed by atoms with van der Waals surface area (Å²) in [6.45, 7) is 2.25. The number of hydrogen-bond donors (Lipinski definition) is 0. The van der Waals surface area contributed by atoms with E-state index in [0.717, 1.165) is 24.3 Å². The second-order valence-electron chi connectivity index (χ2n) is 7.74. The first-order valence-corrected chi connectivity index (χ1v) is 10.3. The van der Waals surface area contributed by atoms with Gasteiger partial charge in [0, 0.05) is 0 Å². The van der Waals surface area contributed by atoms with Crippen molar-refractivity contribution in [3.05, 3.63) is 29.8 Å². The zero-order valence-electron chi connectivity index (χ0n) is 16.0. The summed E-state index contributed by atoms with van der Waals surface area (Å²) in [4.78, 5) is 0. The normalized spacial score (nSPS) is 20.9. The Bertz CT molecular complexity index is 487. The summed E-state index contributed by atoms with van der Waals surface area (Å²) >= 11 is 0. The van der Waals surface area contributed by atoms with Gasteiger partial charge in [-0.3, -0.25) is 0 Å². The molecule has 4 heteroatoms. The Morgan fingerprint density at radius 2 is 1.42 bits per heavy atom. The Hall–Kier alpha value is -1.19. The number of alkyl halides is 3. The van der Waals surface area contributed by atoms with Gasteiger partial charge in [0.05, 0.1) is 0 Å². The SMILES string of the molecule is CCCCCCCCCC1CCC(c2ccc(OC(F)(F)F)cc2)CC1. The zero-order chi connectivity index (χ0) is 18.8. The summed E-state index contributed by atoms with van der Waals surface area (Å²) in [7, 11) is 0. The fraction of sp³-hybridized carbons (Fsp3) is 0.727. The first-order valence-electron chi connectivity index (χ1n) is 10.3. The van der Waals surface area contributed by atoms with Crippen molar-refractivity contribution in [1.82, 2.24) is 0 Å². The fourth-order valence-corrected chi connectivity index (χ4v) is 4.12. The third kappa shape index (κ3) is 8.01. The average molecular weight is 370 g/mol. The molecule has 0 radical (unpaired) electrons. The van der Waals surface area contributed by atoms with Gasteiger partial charge in [0.15, 0.2) is 0 Å². The molecule has 0 spiro atoms. The predicted octanol–water partition coefficient (Wildman–Crippen LogP) is 8.00. The van der Waals surface area contributed by atoms with Crippen LogP contribution in [0.4, 0.5) is 13.2 Å². The molecule has 1 aromatic carbocycles. The molecule has 1 aliphatic rings. The highest BCUT2D eigenvalue weighted by Gasteiger charge is 2.31. The van der Waals surface area contributed by atoms with Crippen molar-refractivity contribution in [2.75, 3.05) is 0 Å². The van der Waals surface area contributed by atoms with Crippen molar-refractivity contribution >= 4 is 0 Å². The Balaban J connectivity index is 1.63. The lowest BCUT2D eigenvalue weighted by Gasteiger charge is -2.29. The molecule has 0 unspecified atom stereocenters. The van der Waals surface area contributed by atoms with Crippen LogP contribution in [-0.4, -0.2) is 6.36 Å². The van der Waals surface area contributed by atoms with Crippen LogP contribution in [0.15, 0.2) is 24.3 Å². The summed E-state index contributed by atoms with van der Waals surface area (Å²) in [5, 5.41) is 0. The van der Waals surface area contributed by atoms with Crippen molar-refractivity contribution in [3.63, 3.8) is 0 Å². The van der Waals surface area contributed by atoms with Crippen molar-refractivity contribution in [1.29, 1.82) is 0 Å². The van der Waals surface area contributed by atoms with E-state index in [-0.39, 0.29) is 5.75 Å². The molecule has 26 heavy (non-hydrogen) atoms. The van der Waals surface area contributed by atoms with E-state index in [1.54, 1.807) is 12.1 Å². The smallest absolute Gasteiger partial charge is 0.406 e. The topological polar surface area (TPSA) is 9.23 Å². The van der Waals surface area contributed by atoms with Gasteiger partial charge >= 0.3 is 6.36 Å². The quantitative estimate of drug-likeness (QED) is 0.379. The highest BCUT2D eigenvalue weighted by Crippen LogP contribution is 2.38. The molecule has 0 aliphatic heterocycles. The minimum Gasteiger partial charge on any atom is -0.406 e. The van der Waals surface area contributed by atoms with Crippen molar-refractivity contribution in [2.24, 2.45) is 5.92 Å². The number of benzene rings is 1. The molecular formula is C22H33F3O. The van der Waals surface area contributed by atoms with Crippen molar-refractivity contribution < 1.29 is 17.9 Å². The summed E-state index contributed by atoms with van der Waals surface area (Å²) in [5.74, 6) is 1.20. The molecule has 0 bridgehead atoms. The minimum absolute atomic E-state index is 0.131. The van der Waals surface area contributed by atoms with Crippen LogP contribution in [0.5, 0.6) is 5.75 Å². The van der Waals surface area contributed by atoms with Gasteiger partial charge < -0.3 is 4.74 Å². The highest BCUT2D eigenvalue weighted by atomic mass is 19.4. The lowest BCUT2D eigenvalue weighted by molar-refractivity contribution is -0.274. The van der Waals surface area contributed by atoms with Crippen LogP contribution in [0.2, 0.25) is 0 Å². The molecule has 1 fully saturated rings. The van der Waals surface area contributed by atoms with Crippen LogP contribution in [-0.2, 0) is 0 Å². The average Bonchev–Trinajstić information content (AvgIpc) is 2.61.